The van der Waals surface area contributed by atoms with Crippen LogP contribution >= 0.6 is 0 Å². The number of benzene rings is 1. The van der Waals surface area contributed by atoms with Gasteiger partial charge >= 0.3 is 0 Å². The Bertz CT molecular complexity index is 589. The summed E-state index contributed by atoms with van der Waals surface area (Å²) in [5, 5.41) is 0. The van der Waals surface area contributed by atoms with E-state index >= 15 is 0 Å². The lowest BCUT2D eigenvalue weighted by atomic mass is 9.68. The topological polar surface area (TPSA) is 0 Å². The summed E-state index contributed by atoms with van der Waals surface area (Å²) in [5.74, 6) is 5.79. The number of rotatable bonds is 7. The summed E-state index contributed by atoms with van der Waals surface area (Å²) in [7, 11) is 0. The van der Waals surface area contributed by atoms with Crippen molar-refractivity contribution in [2.75, 3.05) is 0 Å². The maximum absolute atomic E-state index is 2.50. The van der Waals surface area contributed by atoms with Crippen molar-refractivity contribution in [3.8, 4) is 0 Å². The van der Waals surface area contributed by atoms with Gasteiger partial charge in [0.25, 0.3) is 0 Å². The van der Waals surface area contributed by atoms with Gasteiger partial charge in [-0.05, 0) is 98.0 Å². The van der Waals surface area contributed by atoms with Gasteiger partial charge < -0.3 is 0 Å². The molecule has 1 aromatic carbocycles. The fourth-order valence-corrected chi connectivity index (χ4v) is 7.19. The van der Waals surface area contributed by atoms with Crippen molar-refractivity contribution in [2.24, 2.45) is 23.7 Å². The third-order valence-electron chi connectivity index (χ3n) is 9.44. The molecular weight excluding hydrogens is 360 g/mol. The molecule has 1 aromatic rings. The van der Waals surface area contributed by atoms with Crippen LogP contribution in [0.2, 0.25) is 0 Å². The van der Waals surface area contributed by atoms with Crippen molar-refractivity contribution < 1.29 is 0 Å². The second-order valence-electron chi connectivity index (χ2n) is 11.5. The van der Waals surface area contributed by atoms with Crippen molar-refractivity contribution in [2.45, 2.75) is 128 Å². The molecular formula is C30H48. The van der Waals surface area contributed by atoms with Crippen molar-refractivity contribution in [3.63, 3.8) is 0 Å². The molecule has 168 valence electrons. The summed E-state index contributed by atoms with van der Waals surface area (Å²) in [6.45, 7) is 4.76. The molecule has 0 heterocycles. The van der Waals surface area contributed by atoms with Gasteiger partial charge in [-0.2, -0.15) is 0 Å². The normalized spacial score (nSPS) is 35.3. The summed E-state index contributed by atoms with van der Waals surface area (Å²) in [6, 6.07) is 9.98. The van der Waals surface area contributed by atoms with Gasteiger partial charge in [-0.3, -0.25) is 0 Å². The highest BCUT2D eigenvalue weighted by Crippen LogP contribution is 2.45. The Kier molecular flexibility index (Phi) is 8.36. The number of hydrogen-bond donors (Lipinski definition) is 0. The molecule has 0 saturated heterocycles. The quantitative estimate of drug-likeness (QED) is 0.394. The lowest BCUT2D eigenvalue weighted by molar-refractivity contribution is 0.155. The first-order chi connectivity index (χ1) is 14.7. The summed E-state index contributed by atoms with van der Waals surface area (Å²) in [4.78, 5) is 0. The van der Waals surface area contributed by atoms with E-state index in [4.69, 9.17) is 0 Å². The van der Waals surface area contributed by atoms with Gasteiger partial charge in [-0.1, -0.05) is 89.5 Å². The number of unbranched alkanes of at least 4 members (excludes halogenated alkanes) is 2. The van der Waals surface area contributed by atoms with Crippen LogP contribution in [0.25, 0.3) is 0 Å². The van der Waals surface area contributed by atoms with E-state index in [1.54, 1.807) is 24.0 Å². The first kappa shape index (κ1) is 22.4. The van der Waals surface area contributed by atoms with E-state index in [1.807, 2.05) is 0 Å². The summed E-state index contributed by atoms with van der Waals surface area (Å²) in [5.41, 5.74) is 3.26. The second kappa shape index (κ2) is 11.2. The van der Waals surface area contributed by atoms with Gasteiger partial charge in [0.15, 0.2) is 0 Å². The van der Waals surface area contributed by atoms with E-state index < -0.39 is 0 Å². The minimum Gasteiger partial charge on any atom is -0.0654 e. The van der Waals surface area contributed by atoms with E-state index in [0.29, 0.717) is 0 Å². The molecule has 4 rings (SSSR count). The predicted molar refractivity (Wildman–Crippen MR) is 131 cm³/mol. The Morgan fingerprint density at radius 3 is 1.57 bits per heavy atom. The van der Waals surface area contributed by atoms with Gasteiger partial charge in [-0.25, -0.2) is 0 Å². The molecule has 3 fully saturated rings. The Hall–Kier alpha value is -0.780. The Labute approximate surface area is 187 Å². The molecule has 0 bridgehead atoms. The summed E-state index contributed by atoms with van der Waals surface area (Å²) >= 11 is 0. The van der Waals surface area contributed by atoms with Crippen molar-refractivity contribution in [3.05, 3.63) is 35.4 Å². The molecule has 30 heavy (non-hydrogen) atoms. The standard InChI is InChI=1S/C30H48/c1-3-4-5-6-24-9-13-26(14-10-24)28-17-21-30(22-18-28)29-19-15-27(16-20-29)25-11-7-23(2)8-12-25/h15-16,19-20,23-26,28,30H,3-14,17-18,21-22H2,1-2H3/t23?,24-,25?,26-,28-,30-. The molecule has 0 spiro atoms. The molecule has 3 saturated carbocycles. The highest BCUT2D eigenvalue weighted by atomic mass is 14.4. The van der Waals surface area contributed by atoms with Gasteiger partial charge in [-0.15, -0.1) is 0 Å². The Morgan fingerprint density at radius 1 is 0.600 bits per heavy atom. The van der Waals surface area contributed by atoms with Gasteiger partial charge in [0.1, 0.15) is 0 Å². The molecule has 3 aliphatic carbocycles. The first-order valence-electron chi connectivity index (χ1n) is 13.8. The average molecular weight is 409 g/mol. The molecule has 0 aliphatic heterocycles. The molecule has 0 aromatic heterocycles. The molecule has 0 N–H and O–H groups in total. The van der Waals surface area contributed by atoms with E-state index in [9.17, 15) is 0 Å². The summed E-state index contributed by atoms with van der Waals surface area (Å²) in [6.07, 6.45) is 23.5. The molecule has 0 radical (unpaired) electrons. The maximum atomic E-state index is 2.50. The molecule has 0 amide bonds. The van der Waals surface area contributed by atoms with Crippen LogP contribution in [0.3, 0.4) is 0 Å². The van der Waals surface area contributed by atoms with E-state index in [2.05, 4.69) is 38.1 Å². The van der Waals surface area contributed by atoms with Gasteiger partial charge in [0, 0.05) is 0 Å². The fourth-order valence-electron chi connectivity index (χ4n) is 7.19. The zero-order valence-corrected chi connectivity index (χ0v) is 20.1. The largest absolute Gasteiger partial charge is 0.0654 e. The van der Waals surface area contributed by atoms with Gasteiger partial charge in [0.05, 0.1) is 0 Å². The van der Waals surface area contributed by atoms with E-state index in [-0.39, 0.29) is 0 Å². The smallest absolute Gasteiger partial charge is 0.0162 e. The average Bonchev–Trinajstić information content (AvgIpc) is 2.81. The SMILES string of the molecule is CCCCC[C@H]1CC[C@H]([C@H]2CC[C@H](c3ccc(C4CCC(C)CC4)cc3)CC2)CC1. The molecule has 0 nitrogen and oxygen atoms in total. The maximum Gasteiger partial charge on any atom is -0.0162 e. The predicted octanol–water partition coefficient (Wildman–Crippen LogP) is 9.64. The van der Waals surface area contributed by atoms with Crippen molar-refractivity contribution in [1.82, 2.24) is 0 Å². The van der Waals surface area contributed by atoms with Crippen LogP contribution in [-0.4, -0.2) is 0 Å². The molecule has 3 aliphatic rings. The molecule has 0 heteroatoms. The van der Waals surface area contributed by atoms with Crippen LogP contribution in [0, 0.1) is 23.7 Å². The third-order valence-corrected chi connectivity index (χ3v) is 9.44. The minimum absolute atomic E-state index is 0.836. The molecule has 0 unspecified atom stereocenters. The molecule has 0 atom stereocenters. The Balaban J connectivity index is 1.20. The van der Waals surface area contributed by atoms with Crippen LogP contribution in [0.15, 0.2) is 24.3 Å². The van der Waals surface area contributed by atoms with Crippen LogP contribution in [0.1, 0.15) is 140 Å². The highest BCUT2D eigenvalue weighted by molar-refractivity contribution is 5.28. The highest BCUT2D eigenvalue weighted by Gasteiger charge is 2.31. The number of hydrogen-bond acceptors (Lipinski definition) is 0. The van der Waals surface area contributed by atoms with E-state index in [0.717, 1.165) is 35.5 Å². The van der Waals surface area contributed by atoms with Crippen molar-refractivity contribution in [1.29, 1.82) is 0 Å². The Morgan fingerprint density at radius 2 is 1.07 bits per heavy atom. The first-order valence-corrected chi connectivity index (χ1v) is 13.8. The van der Waals surface area contributed by atoms with Crippen LogP contribution in [-0.2, 0) is 0 Å². The van der Waals surface area contributed by atoms with Crippen LogP contribution in [0.4, 0.5) is 0 Å². The lowest BCUT2D eigenvalue weighted by Gasteiger charge is -2.38. The third kappa shape index (κ3) is 5.92. The summed E-state index contributed by atoms with van der Waals surface area (Å²) < 4.78 is 0. The van der Waals surface area contributed by atoms with Crippen molar-refractivity contribution >= 4 is 0 Å². The zero-order chi connectivity index (χ0) is 20.8. The van der Waals surface area contributed by atoms with Crippen LogP contribution < -0.4 is 0 Å². The lowest BCUT2D eigenvalue weighted by Crippen LogP contribution is -2.25. The van der Waals surface area contributed by atoms with Gasteiger partial charge in [0.2, 0.25) is 0 Å². The minimum atomic E-state index is 0.836. The van der Waals surface area contributed by atoms with Crippen LogP contribution in [0.5, 0.6) is 0 Å². The monoisotopic (exact) mass is 408 g/mol. The zero-order valence-electron chi connectivity index (χ0n) is 20.1. The van der Waals surface area contributed by atoms with E-state index in [1.165, 1.54) is 89.9 Å². The fraction of sp³-hybridized carbons (Fsp3) is 0.800. The second-order valence-corrected chi connectivity index (χ2v) is 11.5.